The van der Waals surface area contributed by atoms with E-state index in [1.807, 2.05) is 20.0 Å². The van der Waals surface area contributed by atoms with E-state index in [-0.39, 0.29) is 23.0 Å². The molecule has 1 aliphatic heterocycles. The zero-order valence-corrected chi connectivity index (χ0v) is 19.7. The Bertz CT molecular complexity index is 817. The molecule has 0 saturated carbocycles. The number of aliphatic imine (C=N–C) groups is 1. The fraction of sp³-hybridized carbons (Fsp3) is 0.462. The summed E-state index contributed by atoms with van der Waals surface area (Å²) in [5, 5.41) is 10.5. The van der Waals surface area contributed by atoms with Crippen LogP contribution >= 0.6 is 0 Å². The van der Waals surface area contributed by atoms with Crippen molar-refractivity contribution in [2.24, 2.45) is 16.8 Å². The van der Waals surface area contributed by atoms with Crippen molar-refractivity contribution in [2.45, 2.75) is 48.0 Å². The maximum absolute atomic E-state index is 11.8. The smallest absolute Gasteiger partial charge is 0.165 e. The zero-order valence-electron chi connectivity index (χ0n) is 19.7. The number of rotatable bonds is 3. The van der Waals surface area contributed by atoms with E-state index in [1.165, 1.54) is 18.7 Å². The quantitative estimate of drug-likeness (QED) is 0.623. The Morgan fingerprint density at radius 2 is 1.97 bits per heavy atom. The van der Waals surface area contributed by atoms with Crippen LogP contribution in [0.3, 0.4) is 0 Å². The van der Waals surface area contributed by atoms with E-state index in [0.717, 1.165) is 29.2 Å². The summed E-state index contributed by atoms with van der Waals surface area (Å²) < 4.78 is 0. The van der Waals surface area contributed by atoms with Crippen LogP contribution in [0.2, 0.25) is 0 Å². The van der Waals surface area contributed by atoms with Gasteiger partial charge in [0.2, 0.25) is 0 Å². The molecule has 1 unspecified atom stereocenters. The highest BCUT2D eigenvalue weighted by atomic mass is 16.3. The van der Waals surface area contributed by atoms with Gasteiger partial charge in [0.1, 0.15) is 5.76 Å². The van der Waals surface area contributed by atoms with Crippen LogP contribution in [0.4, 0.5) is 0 Å². The van der Waals surface area contributed by atoms with Crippen LogP contribution in [0.15, 0.2) is 75.7 Å². The molecule has 0 radical (unpaired) electrons. The molecule has 0 bridgehead atoms. The second-order valence-electron chi connectivity index (χ2n) is 8.51. The first-order chi connectivity index (χ1) is 14.1. The lowest BCUT2D eigenvalue weighted by Crippen LogP contribution is -2.26. The topological polar surface area (TPSA) is 52.9 Å². The fourth-order valence-corrected chi connectivity index (χ4v) is 3.43. The third kappa shape index (κ3) is 7.33. The summed E-state index contributed by atoms with van der Waals surface area (Å²) in [5.41, 5.74) is 4.58. The molecule has 4 nitrogen and oxygen atoms in total. The van der Waals surface area contributed by atoms with Crippen molar-refractivity contribution in [1.82, 2.24) is 4.90 Å². The predicted molar refractivity (Wildman–Crippen MR) is 129 cm³/mol. The van der Waals surface area contributed by atoms with E-state index >= 15 is 0 Å². The first-order valence-electron chi connectivity index (χ1n) is 10.6. The SMILES string of the molecule is C=C/C(=C1/C(C)=C/C(O)=C(/C(C)=O)C=NCCN1C)C1CC=CC=C1C.CC(C)C. The van der Waals surface area contributed by atoms with Crippen LogP contribution in [0.25, 0.3) is 0 Å². The number of aliphatic hydroxyl groups is 1. The molecule has 2 aliphatic rings. The third-order valence-electron chi connectivity index (χ3n) is 4.83. The van der Waals surface area contributed by atoms with E-state index in [4.69, 9.17) is 0 Å². The maximum atomic E-state index is 11.8. The number of allylic oxidation sites excluding steroid dienone is 9. The third-order valence-corrected chi connectivity index (χ3v) is 4.83. The first kappa shape index (κ1) is 25.4. The van der Waals surface area contributed by atoms with Gasteiger partial charge in [0, 0.05) is 31.4 Å². The molecule has 0 aromatic rings. The summed E-state index contributed by atoms with van der Waals surface area (Å²) in [6.45, 7) is 17.3. The normalized spacial score (nSPS) is 25.6. The standard InChI is InChI=1S/C22H28N2O2.C4H10/c1-6-18(19-10-8-7-9-15(19)2)22-16(3)13-21(26)20(17(4)25)14-23-11-12-24(22)5;1-4(2)3/h6-9,13-14,19,26H,1,10-12H2,2-5H3;4H,1-3H3/b16-13+,21-20-,22-18+,23-14?;. The molecule has 1 N–H and O–H groups in total. The molecule has 0 aromatic heterocycles. The summed E-state index contributed by atoms with van der Waals surface area (Å²) in [6, 6.07) is 0. The lowest BCUT2D eigenvalue weighted by molar-refractivity contribution is -0.113. The van der Waals surface area contributed by atoms with Gasteiger partial charge < -0.3 is 10.0 Å². The second kappa shape index (κ2) is 12.2. The minimum atomic E-state index is -0.199. The van der Waals surface area contributed by atoms with Crippen LogP contribution < -0.4 is 0 Å². The Hall–Kier alpha value is -2.62. The molecule has 30 heavy (non-hydrogen) atoms. The minimum Gasteiger partial charge on any atom is -0.507 e. The number of carbonyl (C=O) groups excluding carboxylic acids is 1. The van der Waals surface area contributed by atoms with E-state index < -0.39 is 0 Å². The van der Waals surface area contributed by atoms with Crippen molar-refractivity contribution < 1.29 is 9.90 Å². The van der Waals surface area contributed by atoms with Crippen molar-refractivity contribution in [3.63, 3.8) is 0 Å². The van der Waals surface area contributed by atoms with Crippen LogP contribution in [-0.4, -0.2) is 42.1 Å². The highest BCUT2D eigenvalue weighted by Gasteiger charge is 2.22. The van der Waals surface area contributed by atoms with E-state index in [2.05, 4.69) is 62.4 Å². The number of hydrogen-bond donors (Lipinski definition) is 1. The monoisotopic (exact) mass is 410 g/mol. The lowest BCUT2D eigenvalue weighted by Gasteiger charge is -2.30. The number of aliphatic hydroxyl groups excluding tert-OH is 1. The second-order valence-corrected chi connectivity index (χ2v) is 8.51. The summed E-state index contributed by atoms with van der Waals surface area (Å²) in [4.78, 5) is 18.3. The van der Waals surface area contributed by atoms with E-state index in [0.29, 0.717) is 13.1 Å². The van der Waals surface area contributed by atoms with Gasteiger partial charge in [-0.15, -0.1) is 0 Å². The van der Waals surface area contributed by atoms with Gasteiger partial charge >= 0.3 is 0 Å². The molecule has 0 spiro atoms. The summed E-state index contributed by atoms with van der Waals surface area (Å²) >= 11 is 0. The van der Waals surface area contributed by atoms with Crippen LogP contribution in [0.5, 0.6) is 0 Å². The largest absolute Gasteiger partial charge is 0.507 e. The maximum Gasteiger partial charge on any atom is 0.165 e. The molecule has 2 rings (SSSR count). The van der Waals surface area contributed by atoms with Crippen LogP contribution in [-0.2, 0) is 4.79 Å². The number of carbonyl (C=O) groups is 1. The molecule has 0 aromatic carbocycles. The van der Waals surface area contributed by atoms with E-state index in [1.54, 1.807) is 6.08 Å². The van der Waals surface area contributed by atoms with E-state index in [9.17, 15) is 9.90 Å². The summed E-state index contributed by atoms with van der Waals surface area (Å²) in [7, 11) is 2.03. The van der Waals surface area contributed by atoms with Gasteiger partial charge in [-0.1, -0.05) is 57.2 Å². The summed E-state index contributed by atoms with van der Waals surface area (Å²) in [5.74, 6) is 0.837. The zero-order chi connectivity index (χ0) is 22.8. The van der Waals surface area contributed by atoms with Crippen molar-refractivity contribution in [1.29, 1.82) is 0 Å². The Kier molecular flexibility index (Phi) is 10.3. The van der Waals surface area contributed by atoms with Gasteiger partial charge in [-0.05, 0) is 50.3 Å². The lowest BCUT2D eigenvalue weighted by atomic mass is 9.83. The molecule has 4 heteroatoms. The Balaban J connectivity index is 0.00000103. The first-order valence-corrected chi connectivity index (χ1v) is 10.6. The van der Waals surface area contributed by atoms with Gasteiger partial charge in [-0.25, -0.2) is 0 Å². The number of hydrogen-bond acceptors (Lipinski definition) is 4. The average molecular weight is 411 g/mol. The van der Waals surface area contributed by atoms with Crippen LogP contribution in [0.1, 0.15) is 48.0 Å². The Morgan fingerprint density at radius 1 is 1.33 bits per heavy atom. The highest BCUT2D eigenvalue weighted by molar-refractivity contribution is 6.12. The number of Topliss-reactive ketones (excluding diaryl/α,β-unsaturated/α-hetero) is 1. The van der Waals surface area contributed by atoms with Crippen molar-refractivity contribution in [2.75, 3.05) is 20.1 Å². The average Bonchev–Trinajstić information content (AvgIpc) is 2.64. The molecule has 1 atom stereocenters. The number of likely N-dealkylation sites (N-methyl/N-ethyl adjacent to an activating group) is 1. The van der Waals surface area contributed by atoms with Gasteiger partial charge in [0.15, 0.2) is 5.78 Å². The van der Waals surface area contributed by atoms with Gasteiger partial charge in [-0.2, -0.15) is 0 Å². The molecule has 0 fully saturated rings. The molecule has 164 valence electrons. The molecule has 0 amide bonds. The fourth-order valence-electron chi connectivity index (χ4n) is 3.43. The number of ketones is 1. The van der Waals surface area contributed by atoms with Crippen molar-refractivity contribution in [3.05, 3.63) is 70.7 Å². The van der Waals surface area contributed by atoms with Crippen molar-refractivity contribution >= 4 is 12.0 Å². The molecular weight excluding hydrogens is 372 g/mol. The predicted octanol–water partition coefficient (Wildman–Crippen LogP) is 5.97. The highest BCUT2D eigenvalue weighted by Crippen LogP contribution is 2.34. The van der Waals surface area contributed by atoms with Crippen LogP contribution in [0, 0.1) is 11.8 Å². The Labute approximate surface area is 182 Å². The van der Waals surface area contributed by atoms with Crippen molar-refractivity contribution in [3.8, 4) is 0 Å². The molecule has 0 saturated heterocycles. The van der Waals surface area contributed by atoms with Gasteiger partial charge in [0.25, 0.3) is 0 Å². The van der Waals surface area contributed by atoms with Gasteiger partial charge in [0.05, 0.1) is 12.1 Å². The Morgan fingerprint density at radius 3 is 2.50 bits per heavy atom. The molecule has 1 aliphatic carbocycles. The molecule has 1 heterocycles. The minimum absolute atomic E-state index is 0.0502. The van der Waals surface area contributed by atoms with Gasteiger partial charge in [-0.3, -0.25) is 9.79 Å². The number of nitrogens with zero attached hydrogens (tertiary/aromatic N) is 2. The molecular formula is C26H38N2O2. The summed E-state index contributed by atoms with van der Waals surface area (Å²) in [6.07, 6.45) is 12.3.